The molecule has 152 valence electrons. The van der Waals surface area contributed by atoms with Gasteiger partial charge in [-0.1, -0.05) is 55.0 Å². The van der Waals surface area contributed by atoms with Crippen LogP contribution in [0.2, 0.25) is 0 Å². The second-order valence-electron chi connectivity index (χ2n) is 6.83. The van der Waals surface area contributed by atoms with E-state index in [9.17, 15) is 13.2 Å². The number of rotatable bonds is 10. The molecule has 2 aromatic rings. The molecule has 0 aliphatic rings. The summed E-state index contributed by atoms with van der Waals surface area (Å²) in [5.41, 5.74) is 2.11. The minimum absolute atomic E-state index is 0.139. The summed E-state index contributed by atoms with van der Waals surface area (Å²) < 4.78 is 27.9. The van der Waals surface area contributed by atoms with Crippen molar-refractivity contribution in [2.45, 2.75) is 37.1 Å². The summed E-state index contributed by atoms with van der Waals surface area (Å²) in [5.74, 6) is 0.524. The lowest BCUT2D eigenvalue weighted by Gasteiger charge is -2.20. The number of hydrogen-bond acceptors (Lipinski definition) is 4. The van der Waals surface area contributed by atoms with Gasteiger partial charge in [-0.3, -0.25) is 4.79 Å². The number of amides is 1. The fraction of sp³-hybridized carbons (Fsp3) is 0.381. The molecule has 0 fully saturated rings. The maximum Gasteiger partial charge on any atom is 0.241 e. The van der Waals surface area contributed by atoms with Crippen LogP contribution in [0.5, 0.6) is 0 Å². The van der Waals surface area contributed by atoms with Crippen LogP contribution in [0.25, 0.3) is 0 Å². The highest BCUT2D eigenvalue weighted by Crippen LogP contribution is 2.15. The van der Waals surface area contributed by atoms with Gasteiger partial charge in [-0.25, -0.2) is 8.42 Å². The average molecular weight is 421 g/mol. The maximum atomic E-state index is 12.7. The molecular weight excluding hydrogens is 392 g/mol. The zero-order valence-corrected chi connectivity index (χ0v) is 18.1. The van der Waals surface area contributed by atoms with Gasteiger partial charge in [-0.05, 0) is 49.0 Å². The number of hydrogen-bond donors (Lipinski definition) is 2. The molecule has 0 spiro atoms. The van der Waals surface area contributed by atoms with E-state index in [4.69, 9.17) is 0 Å². The molecule has 7 heteroatoms. The molecule has 1 amide bonds. The van der Waals surface area contributed by atoms with Crippen molar-refractivity contribution in [3.8, 4) is 0 Å². The van der Waals surface area contributed by atoms with Gasteiger partial charge in [0.05, 0.1) is 4.90 Å². The lowest BCUT2D eigenvalue weighted by molar-refractivity contribution is -0.122. The molecule has 0 saturated heterocycles. The third-order valence-corrected chi connectivity index (χ3v) is 6.64. The molecule has 28 heavy (non-hydrogen) atoms. The number of benzene rings is 2. The first-order valence-corrected chi connectivity index (χ1v) is 12.1. The van der Waals surface area contributed by atoms with Crippen LogP contribution in [0.4, 0.5) is 0 Å². The maximum absolute atomic E-state index is 12.7. The molecule has 5 nitrogen and oxygen atoms in total. The molecule has 2 rings (SSSR count). The number of carbonyl (C=O) groups excluding carboxylic acids is 1. The van der Waals surface area contributed by atoms with E-state index >= 15 is 0 Å². The SMILES string of the molecule is CSCCC(NS(=O)(=O)c1ccc(C)cc1)C(=O)NCC(C)c1ccccc1. The van der Waals surface area contributed by atoms with Gasteiger partial charge in [0.15, 0.2) is 0 Å². The minimum Gasteiger partial charge on any atom is -0.354 e. The van der Waals surface area contributed by atoms with Gasteiger partial charge in [-0.2, -0.15) is 16.5 Å². The second kappa shape index (κ2) is 10.6. The molecule has 0 aliphatic heterocycles. The Morgan fingerprint density at radius 1 is 1.07 bits per heavy atom. The first-order chi connectivity index (χ1) is 13.3. The number of carbonyl (C=O) groups is 1. The standard InChI is InChI=1S/C21H28N2O3S2/c1-16-9-11-19(12-10-16)28(25,26)23-20(13-14-27-3)21(24)22-15-17(2)18-7-5-4-6-8-18/h4-12,17,20,23H,13-15H2,1-3H3,(H,22,24). The van der Waals surface area contributed by atoms with Crippen LogP contribution in [0.1, 0.15) is 30.4 Å². The normalized spacial score (nSPS) is 13.7. The van der Waals surface area contributed by atoms with E-state index in [0.717, 1.165) is 11.1 Å². The highest BCUT2D eigenvalue weighted by molar-refractivity contribution is 7.98. The summed E-state index contributed by atoms with van der Waals surface area (Å²) in [6.45, 7) is 4.38. The molecule has 2 atom stereocenters. The Morgan fingerprint density at radius 2 is 1.71 bits per heavy atom. The van der Waals surface area contributed by atoms with Gasteiger partial charge in [0.2, 0.25) is 15.9 Å². The fourth-order valence-corrected chi connectivity index (χ4v) is 4.43. The average Bonchev–Trinajstić information content (AvgIpc) is 2.70. The van der Waals surface area contributed by atoms with Gasteiger partial charge in [-0.15, -0.1) is 0 Å². The quantitative estimate of drug-likeness (QED) is 0.618. The van der Waals surface area contributed by atoms with Crippen molar-refractivity contribution in [3.05, 3.63) is 65.7 Å². The van der Waals surface area contributed by atoms with Gasteiger partial charge in [0, 0.05) is 6.54 Å². The Bertz CT molecular complexity index is 853. The van der Waals surface area contributed by atoms with E-state index in [-0.39, 0.29) is 16.7 Å². The van der Waals surface area contributed by atoms with Crippen LogP contribution in [0, 0.1) is 6.92 Å². The number of thioether (sulfide) groups is 1. The summed E-state index contributed by atoms with van der Waals surface area (Å²) in [6, 6.07) is 15.7. The lowest BCUT2D eigenvalue weighted by Crippen LogP contribution is -2.47. The highest BCUT2D eigenvalue weighted by Gasteiger charge is 2.25. The summed E-state index contributed by atoms with van der Waals surface area (Å²) in [5, 5.41) is 2.90. The van der Waals surface area contributed by atoms with Crippen LogP contribution in [-0.2, 0) is 14.8 Å². The Morgan fingerprint density at radius 3 is 2.32 bits per heavy atom. The zero-order chi connectivity index (χ0) is 20.6. The van der Waals surface area contributed by atoms with Crippen molar-refractivity contribution in [1.29, 1.82) is 0 Å². The largest absolute Gasteiger partial charge is 0.354 e. The molecule has 0 aliphatic carbocycles. The van der Waals surface area contributed by atoms with Crippen molar-refractivity contribution in [2.75, 3.05) is 18.6 Å². The zero-order valence-electron chi connectivity index (χ0n) is 16.5. The topological polar surface area (TPSA) is 75.3 Å². The number of nitrogens with one attached hydrogen (secondary N) is 2. The Balaban J connectivity index is 2.05. The first kappa shape index (κ1) is 22.5. The van der Waals surface area contributed by atoms with E-state index in [1.165, 1.54) is 0 Å². The molecule has 0 radical (unpaired) electrons. The predicted molar refractivity (Wildman–Crippen MR) is 116 cm³/mol. The highest BCUT2D eigenvalue weighted by atomic mass is 32.2. The van der Waals surface area contributed by atoms with Crippen molar-refractivity contribution in [1.82, 2.24) is 10.0 Å². The Labute approximate surface area is 172 Å². The first-order valence-electron chi connectivity index (χ1n) is 9.24. The fourth-order valence-electron chi connectivity index (χ4n) is 2.73. The van der Waals surface area contributed by atoms with Gasteiger partial charge in [0.25, 0.3) is 0 Å². The van der Waals surface area contributed by atoms with Crippen molar-refractivity contribution < 1.29 is 13.2 Å². The summed E-state index contributed by atoms with van der Waals surface area (Å²) >= 11 is 1.58. The molecule has 2 unspecified atom stereocenters. The molecule has 0 heterocycles. The molecule has 0 saturated carbocycles. The molecule has 0 aromatic heterocycles. The van der Waals surface area contributed by atoms with Crippen molar-refractivity contribution in [3.63, 3.8) is 0 Å². The monoisotopic (exact) mass is 420 g/mol. The van der Waals surface area contributed by atoms with Gasteiger partial charge >= 0.3 is 0 Å². The Kier molecular flexibility index (Phi) is 8.54. The minimum atomic E-state index is -3.76. The van der Waals surface area contributed by atoms with E-state index in [0.29, 0.717) is 18.7 Å². The van der Waals surface area contributed by atoms with Crippen LogP contribution in [-0.4, -0.2) is 38.9 Å². The van der Waals surface area contributed by atoms with E-state index in [2.05, 4.69) is 10.0 Å². The molecular formula is C21H28N2O3S2. The molecule has 2 aromatic carbocycles. The second-order valence-corrected chi connectivity index (χ2v) is 9.52. The third-order valence-electron chi connectivity index (χ3n) is 4.51. The molecule has 2 N–H and O–H groups in total. The smallest absolute Gasteiger partial charge is 0.241 e. The van der Waals surface area contributed by atoms with Crippen molar-refractivity contribution in [2.24, 2.45) is 0 Å². The Hall–Kier alpha value is -1.83. The summed E-state index contributed by atoms with van der Waals surface area (Å²) in [4.78, 5) is 12.9. The van der Waals surface area contributed by atoms with Crippen LogP contribution < -0.4 is 10.0 Å². The molecule has 0 bridgehead atoms. The van der Waals surface area contributed by atoms with E-state index < -0.39 is 16.1 Å². The van der Waals surface area contributed by atoms with E-state index in [1.807, 2.05) is 50.4 Å². The van der Waals surface area contributed by atoms with Gasteiger partial charge < -0.3 is 5.32 Å². The van der Waals surface area contributed by atoms with Crippen molar-refractivity contribution >= 4 is 27.7 Å². The van der Waals surface area contributed by atoms with Crippen LogP contribution >= 0.6 is 11.8 Å². The van der Waals surface area contributed by atoms with Gasteiger partial charge in [0.1, 0.15) is 6.04 Å². The third kappa shape index (κ3) is 6.65. The lowest BCUT2D eigenvalue weighted by atomic mass is 10.0. The number of sulfonamides is 1. The van der Waals surface area contributed by atoms with Crippen LogP contribution in [0.15, 0.2) is 59.5 Å². The van der Waals surface area contributed by atoms with E-state index in [1.54, 1.807) is 36.0 Å². The van der Waals surface area contributed by atoms with Crippen LogP contribution in [0.3, 0.4) is 0 Å². The number of aryl methyl sites for hydroxylation is 1. The summed E-state index contributed by atoms with van der Waals surface area (Å²) in [7, 11) is -3.76. The predicted octanol–water partition coefficient (Wildman–Crippen LogP) is 3.31. The summed E-state index contributed by atoms with van der Waals surface area (Å²) in [6.07, 6.45) is 2.36.